The molecule has 0 bridgehead atoms. The van der Waals surface area contributed by atoms with Crippen molar-refractivity contribution in [3.05, 3.63) is 0 Å². The van der Waals surface area contributed by atoms with E-state index in [1.54, 1.807) is 0 Å². The van der Waals surface area contributed by atoms with Crippen LogP contribution < -0.4 is 0 Å². The summed E-state index contributed by atoms with van der Waals surface area (Å²) in [6, 6.07) is 0. The Bertz CT molecular complexity index is 163. The molecule has 0 fully saturated rings. The van der Waals surface area contributed by atoms with Crippen LogP contribution in [-0.4, -0.2) is 19.0 Å². The molecule has 0 aliphatic rings. The van der Waals surface area contributed by atoms with Gasteiger partial charge in [0.2, 0.25) is 0 Å². The van der Waals surface area contributed by atoms with Crippen molar-refractivity contribution in [2.24, 2.45) is 11.8 Å². The zero-order valence-corrected chi connectivity index (χ0v) is 10.0. The van der Waals surface area contributed by atoms with Gasteiger partial charge < -0.3 is 4.57 Å². The lowest BCUT2D eigenvalue weighted by molar-refractivity contribution is 0.549. The van der Waals surface area contributed by atoms with Crippen LogP contribution in [0.5, 0.6) is 0 Å². The lowest BCUT2D eigenvalue weighted by Crippen LogP contribution is -2.06. The fraction of sp³-hybridized carbons (Fsp3) is 1.00. The molecule has 12 heavy (non-hydrogen) atoms. The molecule has 0 aliphatic carbocycles. The zero-order valence-electron chi connectivity index (χ0n) is 9.13. The third-order valence-corrected chi connectivity index (χ3v) is 5.04. The van der Waals surface area contributed by atoms with Crippen LogP contribution in [0.3, 0.4) is 0 Å². The lowest BCUT2D eigenvalue weighted by atomic mass is 10.2. The van der Waals surface area contributed by atoms with Crippen molar-refractivity contribution in [1.82, 2.24) is 0 Å². The van der Waals surface area contributed by atoms with Crippen LogP contribution in [0.2, 0.25) is 0 Å². The molecule has 0 aliphatic heterocycles. The van der Waals surface area contributed by atoms with Gasteiger partial charge in [-0.25, -0.2) is 0 Å². The molecule has 74 valence electrons. The highest BCUT2D eigenvalue weighted by Gasteiger charge is 2.19. The van der Waals surface area contributed by atoms with Crippen LogP contribution >= 0.6 is 7.14 Å². The molecule has 0 unspecified atom stereocenters. The summed E-state index contributed by atoms with van der Waals surface area (Å²) in [5, 5.41) is 0. The van der Waals surface area contributed by atoms with Crippen LogP contribution in [0.25, 0.3) is 0 Å². The molecule has 2 heteroatoms. The van der Waals surface area contributed by atoms with Crippen molar-refractivity contribution in [1.29, 1.82) is 0 Å². The molecule has 0 saturated carbocycles. The highest BCUT2D eigenvalue weighted by molar-refractivity contribution is 7.63. The molecule has 0 aromatic rings. The van der Waals surface area contributed by atoms with Crippen molar-refractivity contribution >= 4 is 7.14 Å². The van der Waals surface area contributed by atoms with Crippen molar-refractivity contribution in [2.45, 2.75) is 34.1 Å². The maximum absolute atomic E-state index is 12.0. The smallest absolute Gasteiger partial charge is 0.0853 e. The van der Waals surface area contributed by atoms with Gasteiger partial charge in [0.05, 0.1) is 7.14 Å². The Labute approximate surface area is 77.3 Å². The Morgan fingerprint density at radius 3 is 2.00 bits per heavy atom. The molecule has 0 spiro atoms. The highest BCUT2D eigenvalue weighted by Crippen LogP contribution is 2.45. The van der Waals surface area contributed by atoms with Crippen molar-refractivity contribution in [3.63, 3.8) is 0 Å². The van der Waals surface area contributed by atoms with E-state index in [1.807, 2.05) is 6.66 Å². The molecule has 0 saturated heterocycles. The largest absolute Gasteiger partial charge is 0.324 e. The van der Waals surface area contributed by atoms with Crippen LogP contribution in [0.1, 0.15) is 34.1 Å². The first-order chi connectivity index (χ1) is 5.37. The van der Waals surface area contributed by atoms with Crippen molar-refractivity contribution in [3.8, 4) is 0 Å². The summed E-state index contributed by atoms with van der Waals surface area (Å²) in [4.78, 5) is 0. The summed E-state index contributed by atoms with van der Waals surface area (Å²) in [6.07, 6.45) is 2.99. The van der Waals surface area contributed by atoms with Gasteiger partial charge >= 0.3 is 0 Å². The summed E-state index contributed by atoms with van der Waals surface area (Å²) >= 11 is 0. The van der Waals surface area contributed by atoms with Crippen LogP contribution in [0.4, 0.5) is 0 Å². The van der Waals surface area contributed by atoms with E-state index in [4.69, 9.17) is 0 Å². The molecule has 2 atom stereocenters. The first kappa shape index (κ1) is 12.2. The Morgan fingerprint density at radius 2 is 1.67 bits per heavy atom. The second-order valence-electron chi connectivity index (χ2n) is 4.57. The predicted molar refractivity (Wildman–Crippen MR) is 57.6 cm³/mol. The van der Waals surface area contributed by atoms with Gasteiger partial charge in [0, 0.05) is 12.3 Å². The zero-order chi connectivity index (χ0) is 9.78. The SMILES string of the molecule is CC[C@@H](C)C[P@](C)(=O)CC(C)C. The van der Waals surface area contributed by atoms with Gasteiger partial charge in [-0.05, 0) is 18.5 Å². The average Bonchev–Trinajstić information content (AvgIpc) is 1.83. The van der Waals surface area contributed by atoms with Crippen molar-refractivity contribution in [2.75, 3.05) is 19.0 Å². The van der Waals surface area contributed by atoms with E-state index in [2.05, 4.69) is 27.7 Å². The molecule has 0 aromatic heterocycles. The second kappa shape index (κ2) is 5.07. The molecular formula is C10H23OP. The fourth-order valence-corrected chi connectivity index (χ4v) is 4.91. The summed E-state index contributed by atoms with van der Waals surface area (Å²) in [5.74, 6) is 1.20. The lowest BCUT2D eigenvalue weighted by Gasteiger charge is -2.18. The molecule has 0 radical (unpaired) electrons. The third-order valence-electron chi connectivity index (χ3n) is 2.15. The van der Waals surface area contributed by atoms with Gasteiger partial charge in [-0.2, -0.15) is 0 Å². The fourth-order valence-electron chi connectivity index (χ4n) is 1.64. The third kappa shape index (κ3) is 5.83. The van der Waals surface area contributed by atoms with Crippen LogP contribution in [-0.2, 0) is 4.57 Å². The van der Waals surface area contributed by atoms with E-state index in [1.165, 1.54) is 0 Å². The molecule has 0 rings (SSSR count). The maximum atomic E-state index is 12.0. The molecule has 0 heterocycles. The Kier molecular flexibility index (Phi) is 5.16. The van der Waals surface area contributed by atoms with Crippen LogP contribution in [0, 0.1) is 11.8 Å². The topological polar surface area (TPSA) is 17.1 Å². The molecular weight excluding hydrogens is 167 g/mol. The summed E-state index contributed by atoms with van der Waals surface area (Å²) in [5.41, 5.74) is 0. The Hall–Kier alpha value is 0.230. The van der Waals surface area contributed by atoms with E-state index in [0.717, 1.165) is 18.7 Å². The minimum Gasteiger partial charge on any atom is -0.324 e. The summed E-state index contributed by atoms with van der Waals surface area (Å²) in [7, 11) is -1.82. The maximum Gasteiger partial charge on any atom is 0.0853 e. The predicted octanol–water partition coefficient (Wildman–Crippen LogP) is 3.68. The minimum atomic E-state index is -1.82. The first-order valence-corrected chi connectivity index (χ1v) is 7.45. The van der Waals surface area contributed by atoms with Gasteiger partial charge in [0.1, 0.15) is 0 Å². The van der Waals surface area contributed by atoms with E-state index >= 15 is 0 Å². The Balaban J connectivity index is 3.95. The molecule has 1 nitrogen and oxygen atoms in total. The summed E-state index contributed by atoms with van der Waals surface area (Å²) < 4.78 is 12.0. The normalized spacial score (nSPS) is 19.2. The van der Waals surface area contributed by atoms with Gasteiger partial charge in [-0.3, -0.25) is 0 Å². The second-order valence-corrected chi connectivity index (χ2v) is 7.89. The van der Waals surface area contributed by atoms with Crippen LogP contribution in [0.15, 0.2) is 0 Å². The van der Waals surface area contributed by atoms with Gasteiger partial charge in [-0.1, -0.05) is 34.1 Å². The quantitative estimate of drug-likeness (QED) is 0.604. The summed E-state index contributed by atoms with van der Waals surface area (Å²) in [6.45, 7) is 10.6. The Morgan fingerprint density at radius 1 is 1.17 bits per heavy atom. The van der Waals surface area contributed by atoms with E-state index in [0.29, 0.717) is 11.8 Å². The molecule has 0 aromatic carbocycles. The standard InChI is InChI=1S/C10H23OP/c1-6-10(4)8-12(5,11)7-9(2)3/h9-10H,6-8H2,1-5H3/t10-,12-/m1/s1. The molecule has 0 amide bonds. The number of rotatable bonds is 5. The first-order valence-electron chi connectivity index (χ1n) is 4.93. The van der Waals surface area contributed by atoms with E-state index in [-0.39, 0.29) is 0 Å². The molecule has 0 N–H and O–H groups in total. The van der Waals surface area contributed by atoms with Crippen molar-refractivity contribution < 1.29 is 4.57 Å². The highest BCUT2D eigenvalue weighted by atomic mass is 31.2. The van der Waals surface area contributed by atoms with Gasteiger partial charge in [0.25, 0.3) is 0 Å². The van der Waals surface area contributed by atoms with E-state index < -0.39 is 7.14 Å². The monoisotopic (exact) mass is 190 g/mol. The van der Waals surface area contributed by atoms with Gasteiger partial charge in [0.15, 0.2) is 0 Å². The minimum absolute atomic E-state index is 0.574. The number of hydrogen-bond acceptors (Lipinski definition) is 1. The number of hydrogen-bond donors (Lipinski definition) is 0. The van der Waals surface area contributed by atoms with Gasteiger partial charge in [-0.15, -0.1) is 0 Å². The van der Waals surface area contributed by atoms with E-state index in [9.17, 15) is 4.57 Å². The average molecular weight is 190 g/mol.